The Labute approximate surface area is 86.1 Å². The second-order valence-corrected chi connectivity index (χ2v) is 5.05. The van der Waals surface area contributed by atoms with Crippen molar-refractivity contribution >= 4 is 5.91 Å². The lowest BCUT2D eigenvalue weighted by molar-refractivity contribution is -0.137. The molecule has 2 rings (SSSR count). The maximum atomic E-state index is 11.4. The average molecular weight is 196 g/mol. The molecule has 1 amide bonds. The molecule has 0 bridgehead atoms. The van der Waals surface area contributed by atoms with Gasteiger partial charge in [0.15, 0.2) is 0 Å². The van der Waals surface area contributed by atoms with Crippen LogP contribution in [0.25, 0.3) is 0 Å². The van der Waals surface area contributed by atoms with Crippen molar-refractivity contribution in [2.24, 2.45) is 5.41 Å². The zero-order valence-electron chi connectivity index (χ0n) is 9.25. The summed E-state index contributed by atoms with van der Waals surface area (Å²) in [7, 11) is 4.13. The van der Waals surface area contributed by atoms with E-state index in [1.54, 1.807) is 0 Å². The Morgan fingerprint density at radius 1 is 1.14 bits per heavy atom. The van der Waals surface area contributed by atoms with Crippen LogP contribution in [0.4, 0.5) is 0 Å². The van der Waals surface area contributed by atoms with E-state index < -0.39 is 0 Å². The molecular weight excluding hydrogens is 176 g/mol. The third kappa shape index (κ3) is 1.78. The van der Waals surface area contributed by atoms with Gasteiger partial charge < -0.3 is 9.80 Å². The van der Waals surface area contributed by atoms with Gasteiger partial charge in [0.25, 0.3) is 0 Å². The highest BCUT2D eigenvalue weighted by Crippen LogP contribution is 2.39. The van der Waals surface area contributed by atoms with E-state index in [1.165, 1.54) is 25.9 Å². The molecule has 1 spiro atoms. The predicted molar refractivity (Wildman–Crippen MR) is 56.0 cm³/mol. The first kappa shape index (κ1) is 9.97. The normalized spacial score (nSPS) is 28.4. The number of piperidine rings is 2. The van der Waals surface area contributed by atoms with Crippen molar-refractivity contribution in [1.29, 1.82) is 0 Å². The number of carbonyl (C=O) groups excluding carboxylic acids is 1. The Morgan fingerprint density at radius 2 is 1.79 bits per heavy atom. The first-order valence-corrected chi connectivity index (χ1v) is 5.54. The zero-order valence-corrected chi connectivity index (χ0v) is 9.25. The maximum absolute atomic E-state index is 11.4. The summed E-state index contributed by atoms with van der Waals surface area (Å²) < 4.78 is 0. The molecule has 0 radical (unpaired) electrons. The Balaban J connectivity index is 2.00. The van der Waals surface area contributed by atoms with Crippen LogP contribution in [0.1, 0.15) is 25.7 Å². The molecule has 0 aliphatic carbocycles. The van der Waals surface area contributed by atoms with Crippen LogP contribution < -0.4 is 0 Å². The molecule has 0 N–H and O–H groups in total. The molecule has 14 heavy (non-hydrogen) atoms. The minimum Gasteiger partial charge on any atom is -0.345 e. The van der Waals surface area contributed by atoms with Crippen LogP contribution in [0, 0.1) is 5.41 Å². The van der Waals surface area contributed by atoms with E-state index >= 15 is 0 Å². The van der Waals surface area contributed by atoms with Gasteiger partial charge in [0.1, 0.15) is 0 Å². The lowest BCUT2D eigenvalue weighted by Crippen LogP contribution is -2.49. The molecule has 2 aliphatic rings. The van der Waals surface area contributed by atoms with Gasteiger partial charge in [0.05, 0.1) is 0 Å². The van der Waals surface area contributed by atoms with Gasteiger partial charge in [-0.05, 0) is 44.8 Å². The minimum atomic E-state index is 0.328. The number of hydrogen-bond acceptors (Lipinski definition) is 2. The van der Waals surface area contributed by atoms with Crippen molar-refractivity contribution in [3.63, 3.8) is 0 Å². The Bertz CT molecular complexity index is 231. The number of amides is 1. The molecule has 2 saturated heterocycles. The highest BCUT2D eigenvalue weighted by molar-refractivity contribution is 5.76. The molecule has 2 aliphatic heterocycles. The molecule has 0 atom stereocenters. The highest BCUT2D eigenvalue weighted by Gasteiger charge is 2.38. The van der Waals surface area contributed by atoms with Gasteiger partial charge in [0, 0.05) is 20.0 Å². The fourth-order valence-electron chi connectivity index (χ4n) is 2.73. The third-order valence-corrected chi connectivity index (χ3v) is 3.92. The van der Waals surface area contributed by atoms with E-state index in [9.17, 15) is 4.79 Å². The van der Waals surface area contributed by atoms with Gasteiger partial charge >= 0.3 is 0 Å². The van der Waals surface area contributed by atoms with Gasteiger partial charge in [-0.15, -0.1) is 0 Å². The zero-order chi connectivity index (χ0) is 10.2. The topological polar surface area (TPSA) is 23.6 Å². The number of rotatable bonds is 0. The maximum Gasteiger partial charge on any atom is 0.222 e. The van der Waals surface area contributed by atoms with E-state index in [0.717, 1.165) is 19.4 Å². The van der Waals surface area contributed by atoms with Crippen molar-refractivity contribution in [3.05, 3.63) is 0 Å². The summed E-state index contributed by atoms with van der Waals surface area (Å²) in [4.78, 5) is 15.7. The van der Waals surface area contributed by atoms with E-state index in [0.29, 0.717) is 11.3 Å². The second-order valence-electron chi connectivity index (χ2n) is 5.05. The summed E-state index contributed by atoms with van der Waals surface area (Å²) in [6.07, 6.45) is 4.41. The number of hydrogen-bond donors (Lipinski definition) is 0. The molecular formula is C11H20N2O. The SMILES string of the molecule is CN1CCC2(CCC(=O)N(C)C2)CC1. The smallest absolute Gasteiger partial charge is 0.222 e. The molecule has 0 aromatic heterocycles. The fourth-order valence-corrected chi connectivity index (χ4v) is 2.73. The molecule has 80 valence electrons. The molecule has 0 aromatic rings. The molecule has 2 fully saturated rings. The fraction of sp³-hybridized carbons (Fsp3) is 0.909. The van der Waals surface area contributed by atoms with Gasteiger partial charge in [-0.3, -0.25) is 4.79 Å². The largest absolute Gasteiger partial charge is 0.345 e. The third-order valence-electron chi connectivity index (χ3n) is 3.92. The first-order chi connectivity index (χ1) is 6.61. The monoisotopic (exact) mass is 196 g/mol. The van der Waals surface area contributed by atoms with Crippen molar-refractivity contribution in [2.45, 2.75) is 25.7 Å². The molecule has 2 heterocycles. The van der Waals surface area contributed by atoms with Gasteiger partial charge in [-0.2, -0.15) is 0 Å². The minimum absolute atomic E-state index is 0.328. The van der Waals surface area contributed by atoms with Crippen molar-refractivity contribution < 1.29 is 4.79 Å². The van der Waals surface area contributed by atoms with Crippen molar-refractivity contribution in [1.82, 2.24) is 9.80 Å². The Hall–Kier alpha value is -0.570. The summed E-state index contributed by atoms with van der Waals surface area (Å²) in [6.45, 7) is 3.38. The molecule has 0 unspecified atom stereocenters. The quantitative estimate of drug-likeness (QED) is 0.576. The highest BCUT2D eigenvalue weighted by atomic mass is 16.2. The van der Waals surface area contributed by atoms with Crippen LogP contribution >= 0.6 is 0 Å². The van der Waals surface area contributed by atoms with E-state index in [4.69, 9.17) is 0 Å². The standard InChI is InChI=1S/C11H20N2O/c1-12-7-5-11(6-8-12)4-3-10(14)13(2)9-11/h3-9H2,1-2H3. The summed E-state index contributed by atoms with van der Waals surface area (Å²) in [5.74, 6) is 0.328. The van der Waals surface area contributed by atoms with Crippen molar-refractivity contribution in [2.75, 3.05) is 33.7 Å². The number of carbonyl (C=O) groups is 1. The van der Waals surface area contributed by atoms with E-state index in [2.05, 4.69) is 11.9 Å². The Kier molecular flexibility index (Phi) is 2.52. The van der Waals surface area contributed by atoms with Crippen LogP contribution in [0.2, 0.25) is 0 Å². The van der Waals surface area contributed by atoms with E-state index in [-0.39, 0.29) is 0 Å². The van der Waals surface area contributed by atoms with Crippen LogP contribution in [0.15, 0.2) is 0 Å². The summed E-state index contributed by atoms with van der Waals surface area (Å²) >= 11 is 0. The predicted octanol–water partition coefficient (Wildman–Crippen LogP) is 0.951. The van der Waals surface area contributed by atoms with Gasteiger partial charge in [-0.25, -0.2) is 0 Å². The summed E-state index contributed by atoms with van der Waals surface area (Å²) in [6, 6.07) is 0. The summed E-state index contributed by atoms with van der Waals surface area (Å²) in [5.41, 5.74) is 0.454. The molecule has 3 nitrogen and oxygen atoms in total. The lowest BCUT2D eigenvalue weighted by Gasteiger charge is -2.45. The molecule has 0 aromatic carbocycles. The van der Waals surface area contributed by atoms with E-state index in [1.807, 2.05) is 11.9 Å². The van der Waals surface area contributed by atoms with Crippen molar-refractivity contribution in [3.8, 4) is 0 Å². The van der Waals surface area contributed by atoms with Gasteiger partial charge in [-0.1, -0.05) is 0 Å². The lowest BCUT2D eigenvalue weighted by atomic mass is 9.72. The van der Waals surface area contributed by atoms with Crippen LogP contribution in [0.3, 0.4) is 0 Å². The van der Waals surface area contributed by atoms with Crippen LogP contribution in [-0.2, 0) is 4.79 Å². The van der Waals surface area contributed by atoms with Crippen LogP contribution in [-0.4, -0.2) is 49.4 Å². The van der Waals surface area contributed by atoms with Gasteiger partial charge in [0.2, 0.25) is 5.91 Å². The molecule has 0 saturated carbocycles. The first-order valence-electron chi connectivity index (χ1n) is 5.54. The summed E-state index contributed by atoms with van der Waals surface area (Å²) in [5, 5.41) is 0. The van der Waals surface area contributed by atoms with Crippen LogP contribution in [0.5, 0.6) is 0 Å². The average Bonchev–Trinajstić information content (AvgIpc) is 2.18. The number of nitrogens with zero attached hydrogens (tertiary/aromatic N) is 2. The second kappa shape index (κ2) is 3.54. The molecule has 3 heteroatoms. The Morgan fingerprint density at radius 3 is 2.36 bits per heavy atom. The number of likely N-dealkylation sites (tertiary alicyclic amines) is 2.